The van der Waals surface area contributed by atoms with Gasteiger partial charge in [0.2, 0.25) is 0 Å². The first-order valence-corrected chi connectivity index (χ1v) is 8.48. The fourth-order valence-electron chi connectivity index (χ4n) is 2.34. The van der Waals surface area contributed by atoms with Gasteiger partial charge in [0.15, 0.2) is 6.61 Å². The van der Waals surface area contributed by atoms with Crippen molar-refractivity contribution in [2.24, 2.45) is 0 Å². The van der Waals surface area contributed by atoms with E-state index in [9.17, 15) is 4.79 Å². The number of nitrogens with one attached hydrogen (secondary N) is 1. The predicted molar refractivity (Wildman–Crippen MR) is 86.2 cm³/mol. The molecular formula is C16H23NO3S. The Kier molecular flexibility index (Phi) is 6.73. The Morgan fingerprint density at radius 3 is 2.57 bits per heavy atom. The lowest BCUT2D eigenvalue weighted by molar-refractivity contribution is -0.122. The number of hydrogen-bond acceptors (Lipinski definition) is 4. The van der Waals surface area contributed by atoms with Gasteiger partial charge in [0.05, 0.1) is 7.11 Å². The van der Waals surface area contributed by atoms with Crippen LogP contribution in [0.1, 0.15) is 25.7 Å². The van der Waals surface area contributed by atoms with E-state index < -0.39 is 0 Å². The van der Waals surface area contributed by atoms with E-state index in [1.165, 1.54) is 25.7 Å². The van der Waals surface area contributed by atoms with Crippen LogP contribution in [0.15, 0.2) is 24.3 Å². The van der Waals surface area contributed by atoms with Crippen LogP contribution >= 0.6 is 11.8 Å². The van der Waals surface area contributed by atoms with Gasteiger partial charge in [-0.2, -0.15) is 11.8 Å². The van der Waals surface area contributed by atoms with E-state index in [2.05, 4.69) is 5.32 Å². The molecule has 0 radical (unpaired) electrons. The number of benzene rings is 1. The van der Waals surface area contributed by atoms with Gasteiger partial charge in [-0.05, 0) is 37.1 Å². The van der Waals surface area contributed by atoms with E-state index in [0.29, 0.717) is 12.3 Å². The molecule has 5 heteroatoms. The summed E-state index contributed by atoms with van der Waals surface area (Å²) in [6.45, 7) is 0.770. The fraction of sp³-hybridized carbons (Fsp3) is 0.562. The van der Waals surface area contributed by atoms with Crippen LogP contribution in [-0.2, 0) is 4.79 Å². The van der Waals surface area contributed by atoms with Gasteiger partial charge in [0.1, 0.15) is 11.5 Å². The third-order valence-electron chi connectivity index (χ3n) is 3.51. The summed E-state index contributed by atoms with van der Waals surface area (Å²) < 4.78 is 10.5. The Morgan fingerprint density at radius 2 is 1.90 bits per heavy atom. The molecule has 1 aromatic rings. The number of hydrogen-bond donors (Lipinski definition) is 1. The molecule has 1 aromatic carbocycles. The molecule has 0 aliphatic heterocycles. The van der Waals surface area contributed by atoms with E-state index in [1.807, 2.05) is 23.9 Å². The number of rotatable bonds is 8. The summed E-state index contributed by atoms with van der Waals surface area (Å²) in [6.07, 6.45) is 5.39. The third kappa shape index (κ3) is 5.87. The Bertz CT molecular complexity index is 430. The number of thioether (sulfide) groups is 1. The third-order valence-corrected chi connectivity index (χ3v) is 4.89. The van der Waals surface area contributed by atoms with Crippen LogP contribution in [0.2, 0.25) is 0 Å². The molecular weight excluding hydrogens is 286 g/mol. The van der Waals surface area contributed by atoms with Crippen LogP contribution in [0.4, 0.5) is 0 Å². The molecule has 1 N–H and O–H groups in total. The zero-order valence-corrected chi connectivity index (χ0v) is 13.3. The quantitative estimate of drug-likeness (QED) is 0.750. The summed E-state index contributed by atoms with van der Waals surface area (Å²) in [6, 6.07) is 7.21. The lowest BCUT2D eigenvalue weighted by Crippen LogP contribution is -2.30. The Balaban J connectivity index is 1.56. The van der Waals surface area contributed by atoms with Crippen molar-refractivity contribution in [2.75, 3.05) is 26.0 Å². The van der Waals surface area contributed by atoms with Crippen molar-refractivity contribution < 1.29 is 14.3 Å². The minimum Gasteiger partial charge on any atom is -0.497 e. The van der Waals surface area contributed by atoms with E-state index in [1.54, 1.807) is 19.2 Å². The molecule has 116 valence electrons. The van der Waals surface area contributed by atoms with Crippen molar-refractivity contribution in [2.45, 2.75) is 30.9 Å². The molecule has 1 amide bonds. The number of methoxy groups -OCH3 is 1. The number of carbonyl (C=O) groups is 1. The highest BCUT2D eigenvalue weighted by atomic mass is 32.2. The molecule has 0 spiro atoms. The van der Waals surface area contributed by atoms with Crippen LogP contribution in [0.3, 0.4) is 0 Å². The minimum atomic E-state index is -0.0714. The first-order valence-electron chi connectivity index (χ1n) is 7.43. The van der Waals surface area contributed by atoms with Gasteiger partial charge in [0, 0.05) is 17.5 Å². The first kappa shape index (κ1) is 16.0. The van der Waals surface area contributed by atoms with Crippen molar-refractivity contribution in [1.82, 2.24) is 5.32 Å². The Labute approximate surface area is 130 Å². The summed E-state index contributed by atoms with van der Waals surface area (Å²) >= 11 is 1.98. The molecule has 1 aliphatic rings. The minimum absolute atomic E-state index is 0.0560. The van der Waals surface area contributed by atoms with Crippen molar-refractivity contribution >= 4 is 17.7 Å². The smallest absolute Gasteiger partial charge is 0.257 e. The lowest BCUT2D eigenvalue weighted by Gasteiger charge is -2.10. The molecule has 0 atom stereocenters. The molecule has 21 heavy (non-hydrogen) atoms. The SMILES string of the molecule is COc1ccc(OCC(=O)NCCSC2CCCC2)cc1. The highest BCUT2D eigenvalue weighted by molar-refractivity contribution is 7.99. The van der Waals surface area contributed by atoms with Crippen LogP contribution in [0.25, 0.3) is 0 Å². The molecule has 0 heterocycles. The average Bonchev–Trinajstić information content (AvgIpc) is 3.03. The fourth-order valence-corrected chi connectivity index (χ4v) is 3.56. The lowest BCUT2D eigenvalue weighted by atomic mass is 10.3. The Hall–Kier alpha value is -1.36. The van der Waals surface area contributed by atoms with Crippen LogP contribution in [0.5, 0.6) is 11.5 Å². The van der Waals surface area contributed by atoms with E-state index in [0.717, 1.165) is 16.8 Å². The molecule has 0 aromatic heterocycles. The van der Waals surface area contributed by atoms with E-state index >= 15 is 0 Å². The van der Waals surface area contributed by atoms with Crippen molar-refractivity contribution in [1.29, 1.82) is 0 Å². The molecule has 1 fully saturated rings. The highest BCUT2D eigenvalue weighted by Gasteiger charge is 2.14. The number of carbonyl (C=O) groups excluding carboxylic acids is 1. The Morgan fingerprint density at radius 1 is 1.24 bits per heavy atom. The maximum Gasteiger partial charge on any atom is 0.257 e. The van der Waals surface area contributed by atoms with Gasteiger partial charge in [-0.1, -0.05) is 12.8 Å². The predicted octanol–water partition coefficient (Wildman–Crippen LogP) is 2.87. The standard InChI is InChI=1S/C16H23NO3S/c1-19-13-6-8-14(9-7-13)20-12-16(18)17-10-11-21-15-4-2-3-5-15/h6-9,15H,2-5,10-12H2,1H3,(H,17,18). The molecule has 1 saturated carbocycles. The second-order valence-electron chi connectivity index (χ2n) is 5.09. The van der Waals surface area contributed by atoms with E-state index in [-0.39, 0.29) is 12.5 Å². The van der Waals surface area contributed by atoms with Gasteiger partial charge < -0.3 is 14.8 Å². The van der Waals surface area contributed by atoms with Gasteiger partial charge >= 0.3 is 0 Å². The molecule has 0 saturated heterocycles. The second kappa shape index (κ2) is 8.82. The van der Waals surface area contributed by atoms with Gasteiger partial charge in [-0.25, -0.2) is 0 Å². The maximum absolute atomic E-state index is 11.7. The van der Waals surface area contributed by atoms with Crippen LogP contribution in [-0.4, -0.2) is 37.2 Å². The largest absolute Gasteiger partial charge is 0.497 e. The average molecular weight is 309 g/mol. The monoisotopic (exact) mass is 309 g/mol. The summed E-state index contributed by atoms with van der Waals surface area (Å²) in [7, 11) is 1.62. The maximum atomic E-state index is 11.7. The summed E-state index contributed by atoms with van der Waals surface area (Å²) in [5.74, 6) is 2.36. The van der Waals surface area contributed by atoms with Crippen molar-refractivity contribution in [3.8, 4) is 11.5 Å². The van der Waals surface area contributed by atoms with Crippen LogP contribution in [0, 0.1) is 0 Å². The molecule has 2 rings (SSSR count). The van der Waals surface area contributed by atoms with Crippen molar-refractivity contribution in [3.05, 3.63) is 24.3 Å². The summed E-state index contributed by atoms with van der Waals surface area (Å²) in [4.78, 5) is 11.7. The highest BCUT2D eigenvalue weighted by Crippen LogP contribution is 2.28. The van der Waals surface area contributed by atoms with Gasteiger partial charge in [-0.3, -0.25) is 4.79 Å². The number of ether oxygens (including phenoxy) is 2. The zero-order chi connectivity index (χ0) is 14.9. The van der Waals surface area contributed by atoms with E-state index in [4.69, 9.17) is 9.47 Å². The molecule has 4 nitrogen and oxygen atoms in total. The van der Waals surface area contributed by atoms with Crippen molar-refractivity contribution in [3.63, 3.8) is 0 Å². The molecule has 0 bridgehead atoms. The normalized spacial score (nSPS) is 14.9. The summed E-state index contributed by atoms with van der Waals surface area (Å²) in [5.41, 5.74) is 0. The zero-order valence-electron chi connectivity index (χ0n) is 12.5. The van der Waals surface area contributed by atoms with Gasteiger partial charge in [-0.15, -0.1) is 0 Å². The number of amides is 1. The topological polar surface area (TPSA) is 47.6 Å². The van der Waals surface area contributed by atoms with Crippen LogP contribution < -0.4 is 14.8 Å². The first-order chi connectivity index (χ1) is 10.3. The summed E-state index contributed by atoms with van der Waals surface area (Å²) in [5, 5.41) is 3.69. The molecule has 1 aliphatic carbocycles. The second-order valence-corrected chi connectivity index (χ2v) is 6.50. The van der Waals surface area contributed by atoms with Gasteiger partial charge in [0.25, 0.3) is 5.91 Å². The molecule has 0 unspecified atom stereocenters.